The van der Waals surface area contributed by atoms with Crippen molar-refractivity contribution in [3.63, 3.8) is 0 Å². The van der Waals surface area contributed by atoms with Crippen LogP contribution in [-0.2, 0) is 6.67 Å². The van der Waals surface area contributed by atoms with E-state index in [-0.39, 0.29) is 15.6 Å². The smallest absolute Gasteiger partial charge is 0.288 e. The molecule has 2 heterocycles. The zero-order valence-corrected chi connectivity index (χ0v) is 13.5. The lowest BCUT2D eigenvalue weighted by atomic mass is 10.2. The Labute approximate surface area is 138 Å². The normalized spacial score (nSPS) is 16.0. The Bertz CT molecular complexity index is 696. The molecule has 0 radical (unpaired) electrons. The second-order valence-electron chi connectivity index (χ2n) is 5.19. The molecule has 0 N–H and O–H groups in total. The highest BCUT2D eigenvalue weighted by Gasteiger charge is 2.18. The van der Waals surface area contributed by atoms with Crippen molar-refractivity contribution in [2.24, 2.45) is 0 Å². The zero-order valence-electron chi connectivity index (χ0n) is 12.0. The first-order valence-electron chi connectivity index (χ1n) is 7.08. The van der Waals surface area contributed by atoms with Crippen molar-refractivity contribution in [3.05, 3.63) is 56.9 Å². The maximum absolute atomic E-state index is 12.0. The number of benzene rings is 1. The summed E-state index contributed by atoms with van der Waals surface area (Å²) in [7, 11) is 0. The molecule has 1 aliphatic heterocycles. The summed E-state index contributed by atoms with van der Waals surface area (Å²) in [6.45, 7) is 3.99. The van der Waals surface area contributed by atoms with E-state index in [1.807, 2.05) is 18.2 Å². The lowest BCUT2D eigenvalue weighted by Crippen LogP contribution is -2.48. The predicted molar refractivity (Wildman–Crippen MR) is 88.7 cm³/mol. The third kappa shape index (κ3) is 3.27. The van der Waals surface area contributed by atoms with Gasteiger partial charge in [0.15, 0.2) is 0 Å². The minimum absolute atomic E-state index is 0.0274. The molecule has 3 rings (SSSR count). The van der Waals surface area contributed by atoms with Gasteiger partial charge in [-0.3, -0.25) is 9.69 Å². The summed E-state index contributed by atoms with van der Waals surface area (Å²) < 4.78 is 1.35. The summed E-state index contributed by atoms with van der Waals surface area (Å²) in [6, 6.07) is 10.3. The monoisotopic (exact) mass is 338 g/mol. The van der Waals surface area contributed by atoms with Crippen LogP contribution in [0.1, 0.15) is 0 Å². The molecule has 0 spiro atoms. The van der Waals surface area contributed by atoms with Crippen molar-refractivity contribution in [2.45, 2.75) is 6.67 Å². The first kappa shape index (κ1) is 15.3. The largest absolute Gasteiger partial charge is 0.369 e. The minimum atomic E-state index is -0.348. The van der Waals surface area contributed by atoms with Crippen molar-refractivity contribution in [2.75, 3.05) is 31.1 Å². The molecule has 7 heteroatoms. The van der Waals surface area contributed by atoms with Gasteiger partial charge in [-0.25, -0.2) is 4.68 Å². The third-order valence-electron chi connectivity index (χ3n) is 3.77. The quantitative estimate of drug-likeness (QED) is 0.861. The van der Waals surface area contributed by atoms with Gasteiger partial charge in [0.05, 0.1) is 17.9 Å². The van der Waals surface area contributed by atoms with Gasteiger partial charge in [-0.05, 0) is 12.1 Å². The van der Waals surface area contributed by atoms with Crippen LogP contribution in [0.15, 0.2) is 41.3 Å². The molecule has 0 unspecified atom stereocenters. The molecule has 1 aromatic carbocycles. The standard InChI is InChI=1S/C15H16Cl2N4O/c16-13-10-18-21(15(22)14(13)17)11-19-6-8-20(9-7-19)12-4-2-1-3-5-12/h1-5,10H,6-9,11H2. The van der Waals surface area contributed by atoms with Crippen LogP contribution in [0, 0.1) is 0 Å². The summed E-state index contributed by atoms with van der Waals surface area (Å²) in [5.41, 5.74) is 0.881. The Balaban J connectivity index is 1.63. The van der Waals surface area contributed by atoms with Crippen LogP contribution in [0.3, 0.4) is 0 Å². The van der Waals surface area contributed by atoms with E-state index in [4.69, 9.17) is 23.2 Å². The number of piperazine rings is 1. The van der Waals surface area contributed by atoms with Gasteiger partial charge in [-0.2, -0.15) is 5.10 Å². The molecule has 0 atom stereocenters. The highest BCUT2D eigenvalue weighted by Crippen LogP contribution is 2.17. The molecule has 1 saturated heterocycles. The molecule has 1 aromatic heterocycles. The van der Waals surface area contributed by atoms with Crippen molar-refractivity contribution in [1.82, 2.24) is 14.7 Å². The summed E-state index contributed by atoms with van der Waals surface area (Å²) in [6.07, 6.45) is 1.41. The molecule has 1 aliphatic rings. The van der Waals surface area contributed by atoms with Crippen LogP contribution >= 0.6 is 23.2 Å². The molecule has 116 valence electrons. The minimum Gasteiger partial charge on any atom is -0.369 e. The SMILES string of the molecule is O=c1c(Cl)c(Cl)cnn1CN1CCN(c2ccccc2)CC1. The van der Waals surface area contributed by atoms with Crippen LogP contribution in [0.4, 0.5) is 5.69 Å². The Morgan fingerprint density at radius 2 is 1.73 bits per heavy atom. The van der Waals surface area contributed by atoms with Gasteiger partial charge < -0.3 is 4.90 Å². The first-order chi connectivity index (χ1) is 10.6. The molecule has 2 aromatic rings. The van der Waals surface area contributed by atoms with Gasteiger partial charge in [-0.15, -0.1) is 0 Å². The second kappa shape index (κ2) is 6.69. The van der Waals surface area contributed by atoms with Gasteiger partial charge in [0.1, 0.15) is 5.02 Å². The summed E-state index contributed by atoms with van der Waals surface area (Å²) in [4.78, 5) is 16.5. The average molecular weight is 339 g/mol. The Kier molecular flexibility index (Phi) is 4.66. The Morgan fingerprint density at radius 1 is 1.05 bits per heavy atom. The van der Waals surface area contributed by atoms with Gasteiger partial charge in [-0.1, -0.05) is 41.4 Å². The van der Waals surface area contributed by atoms with Crippen LogP contribution in [0.5, 0.6) is 0 Å². The highest BCUT2D eigenvalue weighted by molar-refractivity contribution is 6.41. The molecular formula is C15H16Cl2N4O. The highest BCUT2D eigenvalue weighted by atomic mass is 35.5. The van der Waals surface area contributed by atoms with E-state index in [0.29, 0.717) is 6.67 Å². The van der Waals surface area contributed by atoms with E-state index in [1.165, 1.54) is 16.6 Å². The lowest BCUT2D eigenvalue weighted by Gasteiger charge is -2.35. The lowest BCUT2D eigenvalue weighted by molar-refractivity contribution is 0.191. The van der Waals surface area contributed by atoms with Crippen molar-refractivity contribution in [3.8, 4) is 0 Å². The fraction of sp³-hybridized carbons (Fsp3) is 0.333. The summed E-state index contributed by atoms with van der Waals surface area (Å²) >= 11 is 11.7. The number of hydrogen-bond acceptors (Lipinski definition) is 4. The van der Waals surface area contributed by atoms with Crippen LogP contribution < -0.4 is 10.5 Å². The molecule has 5 nitrogen and oxygen atoms in total. The molecule has 0 amide bonds. The zero-order chi connectivity index (χ0) is 15.5. The Morgan fingerprint density at radius 3 is 2.41 bits per heavy atom. The molecule has 0 bridgehead atoms. The van der Waals surface area contributed by atoms with E-state index >= 15 is 0 Å². The van der Waals surface area contributed by atoms with Crippen molar-refractivity contribution < 1.29 is 0 Å². The number of hydrogen-bond donors (Lipinski definition) is 0. The first-order valence-corrected chi connectivity index (χ1v) is 7.84. The predicted octanol–water partition coefficient (Wildman–Crippen LogP) is 2.33. The number of para-hydroxylation sites is 1. The number of rotatable bonds is 3. The Hall–Kier alpha value is -1.56. The summed E-state index contributed by atoms with van der Waals surface area (Å²) in [5, 5.41) is 4.26. The van der Waals surface area contributed by atoms with E-state index in [9.17, 15) is 4.79 Å². The van der Waals surface area contributed by atoms with Crippen LogP contribution in [-0.4, -0.2) is 40.9 Å². The molecule has 0 saturated carbocycles. The van der Waals surface area contributed by atoms with Crippen molar-refractivity contribution in [1.29, 1.82) is 0 Å². The van der Waals surface area contributed by atoms with Crippen LogP contribution in [0.2, 0.25) is 10.0 Å². The second-order valence-corrected chi connectivity index (χ2v) is 5.98. The van der Waals surface area contributed by atoms with E-state index in [2.05, 4.69) is 27.0 Å². The molecule has 1 fully saturated rings. The number of nitrogens with zero attached hydrogens (tertiary/aromatic N) is 4. The number of anilines is 1. The van der Waals surface area contributed by atoms with Gasteiger partial charge in [0.25, 0.3) is 5.56 Å². The molecule has 22 heavy (non-hydrogen) atoms. The van der Waals surface area contributed by atoms with Gasteiger partial charge in [0, 0.05) is 31.9 Å². The maximum atomic E-state index is 12.0. The summed E-state index contributed by atoms with van der Waals surface area (Å²) in [5.74, 6) is 0. The molecule has 0 aliphatic carbocycles. The topological polar surface area (TPSA) is 41.4 Å². The number of halogens is 2. The van der Waals surface area contributed by atoms with E-state index in [0.717, 1.165) is 26.2 Å². The molecular weight excluding hydrogens is 323 g/mol. The fourth-order valence-corrected chi connectivity index (χ4v) is 2.79. The van der Waals surface area contributed by atoms with Gasteiger partial charge in [0.2, 0.25) is 0 Å². The fourth-order valence-electron chi connectivity index (χ4n) is 2.52. The van der Waals surface area contributed by atoms with Crippen molar-refractivity contribution >= 4 is 28.9 Å². The third-order valence-corrected chi connectivity index (χ3v) is 4.52. The van der Waals surface area contributed by atoms with Crippen LogP contribution in [0.25, 0.3) is 0 Å². The average Bonchev–Trinajstić information content (AvgIpc) is 2.57. The maximum Gasteiger partial charge on any atom is 0.288 e. The number of aromatic nitrogens is 2. The van der Waals surface area contributed by atoms with Gasteiger partial charge >= 0.3 is 0 Å². The van der Waals surface area contributed by atoms with E-state index < -0.39 is 0 Å². The van der Waals surface area contributed by atoms with E-state index in [1.54, 1.807) is 0 Å².